The number of rotatable bonds is 8. The Morgan fingerprint density at radius 2 is 1.98 bits per heavy atom. The molecule has 0 radical (unpaired) electrons. The highest BCUT2D eigenvalue weighted by molar-refractivity contribution is 6.31. The molecule has 3 heterocycles. The van der Waals surface area contributed by atoms with Gasteiger partial charge in [-0.1, -0.05) is 35.0 Å². The van der Waals surface area contributed by atoms with Crippen LogP contribution < -0.4 is 15.0 Å². The van der Waals surface area contributed by atoms with Gasteiger partial charge in [-0.2, -0.15) is 0 Å². The summed E-state index contributed by atoms with van der Waals surface area (Å²) in [7, 11) is 1.50. The maximum absolute atomic E-state index is 14.9. The molecule has 1 aliphatic heterocycles. The average molecular weight is 601 g/mol. The molecule has 12 heteroatoms. The molecule has 218 valence electrons. The molecule has 1 atom stereocenters. The Kier molecular flexibility index (Phi) is 7.64. The third-order valence-electron chi connectivity index (χ3n) is 7.20. The Balaban J connectivity index is 1.15. The van der Waals surface area contributed by atoms with Crippen LogP contribution in [0, 0.1) is 18.7 Å². The number of aryl methyl sites for hydroxylation is 1. The average Bonchev–Trinajstić information content (AvgIpc) is 3.73. The Labute approximate surface area is 251 Å². The molecular formula is C31H26ClFN6O4. The van der Waals surface area contributed by atoms with Crippen molar-refractivity contribution in [2.24, 2.45) is 5.92 Å². The van der Waals surface area contributed by atoms with Crippen molar-refractivity contribution in [2.45, 2.75) is 19.9 Å². The number of ether oxygens (including phenoxy) is 1. The summed E-state index contributed by atoms with van der Waals surface area (Å²) in [6, 6.07) is 18.7. The van der Waals surface area contributed by atoms with Gasteiger partial charge in [0.1, 0.15) is 28.7 Å². The topological polar surface area (TPSA) is 115 Å². The van der Waals surface area contributed by atoms with E-state index in [0.29, 0.717) is 39.5 Å². The number of hydrogen-bond donors (Lipinski definition) is 1. The minimum Gasteiger partial charge on any atom is -0.495 e. The molecule has 0 bridgehead atoms. The zero-order chi connectivity index (χ0) is 30.1. The normalized spacial score (nSPS) is 14.7. The summed E-state index contributed by atoms with van der Waals surface area (Å²) in [5, 5.41) is 11.5. The second kappa shape index (κ2) is 11.7. The molecular weight excluding hydrogens is 575 g/mol. The smallest absolute Gasteiger partial charge is 0.229 e. The van der Waals surface area contributed by atoms with Crippen LogP contribution in [0.4, 0.5) is 15.8 Å². The first-order valence-electron chi connectivity index (χ1n) is 13.5. The second-order valence-corrected chi connectivity index (χ2v) is 10.5. The van der Waals surface area contributed by atoms with Gasteiger partial charge in [0.15, 0.2) is 0 Å². The van der Waals surface area contributed by atoms with Crippen molar-refractivity contribution in [2.75, 3.05) is 23.9 Å². The van der Waals surface area contributed by atoms with Crippen molar-refractivity contribution in [3.8, 4) is 28.5 Å². The first-order valence-corrected chi connectivity index (χ1v) is 13.8. The Bertz CT molecular complexity index is 1820. The van der Waals surface area contributed by atoms with E-state index in [1.54, 1.807) is 29.1 Å². The monoisotopic (exact) mass is 600 g/mol. The molecule has 43 heavy (non-hydrogen) atoms. The molecule has 1 aliphatic rings. The van der Waals surface area contributed by atoms with E-state index in [1.165, 1.54) is 30.2 Å². The third-order valence-corrected chi connectivity index (χ3v) is 7.44. The van der Waals surface area contributed by atoms with Gasteiger partial charge in [-0.05, 0) is 55.5 Å². The highest BCUT2D eigenvalue weighted by Crippen LogP contribution is 2.36. The fourth-order valence-electron chi connectivity index (χ4n) is 4.97. The number of anilines is 2. The maximum atomic E-state index is 14.9. The lowest BCUT2D eigenvalue weighted by Crippen LogP contribution is -2.28. The van der Waals surface area contributed by atoms with Gasteiger partial charge in [0.25, 0.3) is 0 Å². The number of amides is 2. The second-order valence-electron chi connectivity index (χ2n) is 10.1. The quantitative estimate of drug-likeness (QED) is 0.241. The van der Waals surface area contributed by atoms with E-state index in [2.05, 4.69) is 20.6 Å². The van der Waals surface area contributed by atoms with Gasteiger partial charge in [0.2, 0.25) is 17.7 Å². The van der Waals surface area contributed by atoms with Crippen LogP contribution in [-0.4, -0.2) is 45.4 Å². The van der Waals surface area contributed by atoms with Crippen LogP contribution in [0.2, 0.25) is 5.02 Å². The van der Waals surface area contributed by atoms with Crippen LogP contribution in [0.15, 0.2) is 77.3 Å². The molecule has 1 saturated heterocycles. The minimum atomic E-state index is -0.628. The van der Waals surface area contributed by atoms with Crippen LogP contribution in [0.25, 0.3) is 22.7 Å². The van der Waals surface area contributed by atoms with Crippen LogP contribution in [-0.2, 0) is 16.1 Å². The van der Waals surface area contributed by atoms with E-state index in [-0.39, 0.29) is 42.6 Å². The van der Waals surface area contributed by atoms with Crippen molar-refractivity contribution in [3.63, 3.8) is 0 Å². The number of nitrogens with one attached hydrogen (secondary N) is 1. The summed E-state index contributed by atoms with van der Waals surface area (Å²) >= 11 is 6.14. The van der Waals surface area contributed by atoms with Crippen molar-refractivity contribution in [3.05, 3.63) is 95.2 Å². The van der Waals surface area contributed by atoms with Crippen LogP contribution in [0.5, 0.6) is 5.75 Å². The lowest BCUT2D eigenvalue weighted by Gasteiger charge is -2.20. The summed E-state index contributed by atoms with van der Waals surface area (Å²) in [6.07, 6.45) is 1.61. The van der Waals surface area contributed by atoms with Gasteiger partial charge >= 0.3 is 0 Å². The number of carbonyl (C=O) groups is 2. The number of carbonyl (C=O) groups excluding carboxylic acids is 2. The summed E-state index contributed by atoms with van der Waals surface area (Å²) in [4.78, 5) is 32.0. The first-order chi connectivity index (χ1) is 20.8. The zero-order valence-electron chi connectivity index (χ0n) is 23.3. The zero-order valence-corrected chi connectivity index (χ0v) is 24.0. The summed E-state index contributed by atoms with van der Waals surface area (Å²) in [5.41, 5.74) is 2.84. The summed E-state index contributed by atoms with van der Waals surface area (Å²) in [6.45, 7) is 2.25. The molecule has 3 aromatic carbocycles. The number of hydrogen-bond acceptors (Lipinski definition) is 7. The minimum absolute atomic E-state index is 0.0112. The predicted octanol–water partition coefficient (Wildman–Crippen LogP) is 5.75. The highest BCUT2D eigenvalue weighted by Gasteiger charge is 2.36. The molecule has 0 spiro atoms. The lowest BCUT2D eigenvalue weighted by molar-refractivity contribution is -0.122. The van der Waals surface area contributed by atoms with Gasteiger partial charge in [-0.15, -0.1) is 5.10 Å². The number of oxazole rings is 1. The fourth-order valence-corrected chi connectivity index (χ4v) is 5.13. The van der Waals surface area contributed by atoms with E-state index in [1.807, 2.05) is 37.3 Å². The molecule has 2 aromatic heterocycles. The van der Waals surface area contributed by atoms with Crippen LogP contribution in [0.3, 0.4) is 0 Å². The maximum Gasteiger partial charge on any atom is 0.229 e. The first kappa shape index (κ1) is 28.1. The molecule has 0 saturated carbocycles. The van der Waals surface area contributed by atoms with Crippen molar-refractivity contribution < 1.29 is 23.1 Å². The fraction of sp³-hybridized carbons (Fsp3) is 0.194. The molecule has 10 nitrogen and oxygen atoms in total. The van der Waals surface area contributed by atoms with Crippen LogP contribution in [0.1, 0.15) is 17.9 Å². The largest absolute Gasteiger partial charge is 0.495 e. The molecule has 6 rings (SSSR count). The molecule has 1 N–H and O–H groups in total. The number of benzene rings is 3. The standard InChI is InChI=1S/C31H26ClFN6O4/c1-18-25(35-31(43-18)19-6-4-3-5-7-19)16-38-17-26(36-37-38)23-14-22(9-10-24(23)33)34-30(41)20-12-29(40)39(15-20)27-13-21(32)8-11-28(27)42-2/h3-11,13-14,17,20H,12,15-16H2,1-2H3,(H,34,41). The van der Waals surface area contributed by atoms with Crippen molar-refractivity contribution in [1.82, 2.24) is 20.0 Å². The predicted molar refractivity (Wildman–Crippen MR) is 158 cm³/mol. The number of halogens is 2. The van der Waals surface area contributed by atoms with E-state index in [0.717, 1.165) is 5.56 Å². The number of nitrogens with zero attached hydrogens (tertiary/aromatic N) is 5. The summed E-state index contributed by atoms with van der Waals surface area (Å²) < 4.78 is 27.6. The van der Waals surface area contributed by atoms with E-state index in [4.69, 9.17) is 20.8 Å². The lowest BCUT2D eigenvalue weighted by atomic mass is 10.1. The molecule has 1 fully saturated rings. The Morgan fingerprint density at radius 1 is 1.16 bits per heavy atom. The van der Waals surface area contributed by atoms with Crippen LogP contribution >= 0.6 is 11.6 Å². The van der Waals surface area contributed by atoms with Gasteiger partial charge < -0.3 is 19.4 Å². The SMILES string of the molecule is COc1ccc(Cl)cc1N1CC(C(=O)Nc2ccc(F)c(-c3cn(Cc4nc(-c5ccccc5)oc4C)nn3)c2)CC1=O. The Hall–Kier alpha value is -5.03. The third kappa shape index (κ3) is 5.84. The summed E-state index contributed by atoms with van der Waals surface area (Å²) in [5.74, 6) is -0.123. The molecule has 1 unspecified atom stereocenters. The van der Waals surface area contributed by atoms with Gasteiger partial charge in [0.05, 0.1) is 31.5 Å². The van der Waals surface area contributed by atoms with Gasteiger partial charge in [-0.3, -0.25) is 9.59 Å². The number of aromatic nitrogens is 4. The highest BCUT2D eigenvalue weighted by atomic mass is 35.5. The molecule has 5 aromatic rings. The van der Waals surface area contributed by atoms with Gasteiger partial charge in [-0.25, -0.2) is 14.1 Å². The van der Waals surface area contributed by atoms with Crippen molar-refractivity contribution >= 4 is 34.8 Å². The van der Waals surface area contributed by atoms with Gasteiger partial charge in [0, 0.05) is 34.8 Å². The number of methoxy groups -OCH3 is 1. The van der Waals surface area contributed by atoms with E-state index < -0.39 is 11.7 Å². The molecule has 2 amide bonds. The molecule has 0 aliphatic carbocycles. The van der Waals surface area contributed by atoms with E-state index >= 15 is 0 Å². The Morgan fingerprint density at radius 3 is 2.77 bits per heavy atom. The van der Waals surface area contributed by atoms with E-state index in [9.17, 15) is 14.0 Å². The van der Waals surface area contributed by atoms with Crippen molar-refractivity contribution in [1.29, 1.82) is 0 Å².